The summed E-state index contributed by atoms with van der Waals surface area (Å²) < 4.78 is 1.86. The lowest BCUT2D eigenvalue weighted by molar-refractivity contribution is -0.113. The number of carbonyl (C=O) groups is 1. The van der Waals surface area contributed by atoms with Crippen molar-refractivity contribution in [2.45, 2.75) is 11.7 Å². The first-order valence-corrected chi connectivity index (χ1v) is 9.66. The van der Waals surface area contributed by atoms with Crippen LogP contribution < -0.4 is 5.32 Å². The van der Waals surface area contributed by atoms with Crippen LogP contribution in [0.2, 0.25) is 10.0 Å². The Morgan fingerprint density at radius 2 is 2.11 bits per heavy atom. The predicted molar refractivity (Wildman–Crippen MR) is 109 cm³/mol. The average molecular weight is 420 g/mol. The lowest BCUT2D eigenvalue weighted by Gasteiger charge is -2.09. The maximum absolute atomic E-state index is 12.3. The van der Waals surface area contributed by atoms with Gasteiger partial charge < -0.3 is 5.32 Å². The summed E-state index contributed by atoms with van der Waals surface area (Å²) in [6.07, 6.45) is 3.43. The maximum atomic E-state index is 12.3. The summed E-state index contributed by atoms with van der Waals surface area (Å²) in [5, 5.41) is 12.6. The Hall–Kier alpha value is -2.35. The lowest BCUT2D eigenvalue weighted by Crippen LogP contribution is -2.15. The van der Waals surface area contributed by atoms with E-state index in [1.165, 1.54) is 11.8 Å². The number of hydrogen-bond donors (Lipinski definition) is 1. The van der Waals surface area contributed by atoms with Crippen molar-refractivity contribution >= 4 is 46.6 Å². The molecule has 1 aromatic carbocycles. The van der Waals surface area contributed by atoms with Gasteiger partial charge in [-0.2, -0.15) is 0 Å². The Bertz CT molecular complexity index is 962. The van der Waals surface area contributed by atoms with Crippen molar-refractivity contribution in [1.82, 2.24) is 19.7 Å². The van der Waals surface area contributed by atoms with Gasteiger partial charge in [0.1, 0.15) is 5.69 Å². The largest absolute Gasteiger partial charge is 0.324 e. The second-order valence-electron chi connectivity index (χ2n) is 5.38. The molecule has 0 atom stereocenters. The molecular formula is C18H15Cl2N5OS. The number of aromatic nitrogens is 4. The van der Waals surface area contributed by atoms with Crippen LogP contribution in [-0.2, 0) is 11.3 Å². The highest BCUT2D eigenvalue weighted by atomic mass is 35.5. The second kappa shape index (κ2) is 9.03. The topological polar surface area (TPSA) is 72.7 Å². The number of nitrogens with one attached hydrogen (secondary N) is 1. The third-order valence-corrected chi connectivity index (χ3v) is 4.99. The van der Waals surface area contributed by atoms with E-state index in [9.17, 15) is 4.79 Å². The highest BCUT2D eigenvalue weighted by Crippen LogP contribution is 2.26. The number of rotatable bonds is 7. The number of nitrogens with zero attached hydrogens (tertiary/aromatic N) is 4. The van der Waals surface area contributed by atoms with Crippen molar-refractivity contribution in [2.24, 2.45) is 0 Å². The van der Waals surface area contributed by atoms with Crippen LogP contribution in [0.5, 0.6) is 0 Å². The maximum Gasteiger partial charge on any atom is 0.234 e. The zero-order valence-electron chi connectivity index (χ0n) is 14.1. The molecule has 9 heteroatoms. The SMILES string of the molecule is C=CCn1c(SCC(=O)Nc2cc(Cl)ccc2Cl)nnc1-c1ccccn1. The van der Waals surface area contributed by atoms with Gasteiger partial charge in [-0.15, -0.1) is 16.8 Å². The van der Waals surface area contributed by atoms with Gasteiger partial charge >= 0.3 is 0 Å². The Morgan fingerprint density at radius 1 is 1.26 bits per heavy atom. The molecule has 0 aliphatic rings. The third-order valence-electron chi connectivity index (χ3n) is 3.46. The standard InChI is InChI=1S/C18H15Cl2N5OS/c1-2-9-25-17(14-5-3-4-8-21-14)23-24-18(25)27-11-16(26)22-15-10-12(19)6-7-13(15)20/h2-8,10H,1,9,11H2,(H,22,26). The number of halogens is 2. The molecular weight excluding hydrogens is 405 g/mol. The van der Waals surface area contributed by atoms with Crippen LogP contribution in [-0.4, -0.2) is 31.4 Å². The van der Waals surface area contributed by atoms with E-state index >= 15 is 0 Å². The van der Waals surface area contributed by atoms with E-state index < -0.39 is 0 Å². The molecule has 0 radical (unpaired) electrons. The fourth-order valence-corrected chi connectivity index (χ4v) is 3.37. The smallest absolute Gasteiger partial charge is 0.234 e. The van der Waals surface area contributed by atoms with Crippen molar-refractivity contribution in [3.8, 4) is 11.5 Å². The molecule has 0 bridgehead atoms. The lowest BCUT2D eigenvalue weighted by atomic mass is 10.3. The van der Waals surface area contributed by atoms with Crippen molar-refractivity contribution in [2.75, 3.05) is 11.1 Å². The summed E-state index contributed by atoms with van der Waals surface area (Å²) in [5.41, 5.74) is 1.17. The van der Waals surface area contributed by atoms with Crippen LogP contribution in [0.3, 0.4) is 0 Å². The molecule has 1 amide bonds. The molecule has 1 N–H and O–H groups in total. The highest BCUT2D eigenvalue weighted by molar-refractivity contribution is 7.99. The number of benzene rings is 1. The minimum atomic E-state index is -0.225. The number of anilines is 1. The van der Waals surface area contributed by atoms with E-state index in [4.69, 9.17) is 23.2 Å². The average Bonchev–Trinajstić information content (AvgIpc) is 3.07. The second-order valence-corrected chi connectivity index (χ2v) is 7.17. The fourth-order valence-electron chi connectivity index (χ4n) is 2.28. The van der Waals surface area contributed by atoms with Gasteiger partial charge in [0.25, 0.3) is 0 Å². The van der Waals surface area contributed by atoms with Crippen LogP contribution in [0.1, 0.15) is 0 Å². The van der Waals surface area contributed by atoms with Crippen LogP contribution in [0, 0.1) is 0 Å². The number of thioether (sulfide) groups is 1. The fraction of sp³-hybridized carbons (Fsp3) is 0.111. The summed E-state index contributed by atoms with van der Waals surface area (Å²) in [4.78, 5) is 16.6. The molecule has 2 heterocycles. The quantitative estimate of drug-likeness (QED) is 0.448. The Labute approximate surface area is 170 Å². The summed E-state index contributed by atoms with van der Waals surface area (Å²) in [7, 11) is 0. The van der Waals surface area contributed by atoms with E-state index in [1.54, 1.807) is 30.5 Å². The van der Waals surface area contributed by atoms with E-state index in [-0.39, 0.29) is 11.7 Å². The Morgan fingerprint density at radius 3 is 2.85 bits per heavy atom. The summed E-state index contributed by atoms with van der Waals surface area (Å²) in [5.74, 6) is 0.536. The predicted octanol–water partition coefficient (Wildman–Crippen LogP) is 4.56. The van der Waals surface area contributed by atoms with E-state index in [0.29, 0.717) is 39.0 Å². The van der Waals surface area contributed by atoms with Gasteiger partial charge in [-0.3, -0.25) is 14.3 Å². The zero-order valence-corrected chi connectivity index (χ0v) is 16.4. The van der Waals surface area contributed by atoms with Crippen LogP contribution in [0.4, 0.5) is 5.69 Å². The van der Waals surface area contributed by atoms with Gasteiger partial charge in [-0.25, -0.2) is 0 Å². The normalized spacial score (nSPS) is 10.6. The minimum absolute atomic E-state index is 0.139. The van der Waals surface area contributed by atoms with Crippen molar-refractivity contribution in [1.29, 1.82) is 0 Å². The molecule has 0 aliphatic heterocycles. The molecule has 0 saturated carbocycles. The molecule has 0 fully saturated rings. The van der Waals surface area contributed by atoms with Crippen LogP contribution in [0.15, 0.2) is 60.4 Å². The van der Waals surface area contributed by atoms with Gasteiger partial charge in [-0.1, -0.05) is 47.1 Å². The first kappa shape index (κ1) is 19.4. The van der Waals surface area contributed by atoms with E-state index in [0.717, 1.165) is 0 Å². The molecule has 3 aromatic rings. The molecule has 27 heavy (non-hydrogen) atoms. The van der Waals surface area contributed by atoms with Gasteiger partial charge in [0.05, 0.1) is 16.5 Å². The Balaban J connectivity index is 1.72. The molecule has 6 nitrogen and oxygen atoms in total. The zero-order chi connectivity index (χ0) is 19.2. The van der Waals surface area contributed by atoms with Crippen molar-refractivity contribution in [3.05, 3.63) is 65.3 Å². The highest BCUT2D eigenvalue weighted by Gasteiger charge is 2.16. The first-order chi connectivity index (χ1) is 13.1. The monoisotopic (exact) mass is 419 g/mol. The molecule has 3 rings (SSSR count). The van der Waals surface area contributed by atoms with Crippen LogP contribution >= 0.6 is 35.0 Å². The number of hydrogen-bond acceptors (Lipinski definition) is 5. The number of carbonyl (C=O) groups excluding carboxylic acids is 1. The number of amides is 1. The summed E-state index contributed by atoms with van der Waals surface area (Å²) in [6, 6.07) is 10.5. The van der Waals surface area contributed by atoms with Crippen LogP contribution in [0.25, 0.3) is 11.5 Å². The van der Waals surface area contributed by atoms with E-state index in [1.807, 2.05) is 22.8 Å². The summed E-state index contributed by atoms with van der Waals surface area (Å²) in [6.45, 7) is 4.27. The molecule has 0 unspecified atom stereocenters. The third kappa shape index (κ3) is 4.88. The van der Waals surface area contributed by atoms with Crippen molar-refractivity contribution < 1.29 is 4.79 Å². The number of allylic oxidation sites excluding steroid dienone is 1. The van der Waals surface area contributed by atoms with Gasteiger partial charge in [-0.05, 0) is 30.3 Å². The minimum Gasteiger partial charge on any atom is -0.324 e. The molecule has 0 saturated heterocycles. The molecule has 138 valence electrons. The Kier molecular flexibility index (Phi) is 6.49. The molecule has 2 aromatic heterocycles. The van der Waals surface area contributed by atoms with Crippen molar-refractivity contribution in [3.63, 3.8) is 0 Å². The van der Waals surface area contributed by atoms with Gasteiger partial charge in [0, 0.05) is 17.8 Å². The first-order valence-electron chi connectivity index (χ1n) is 7.91. The number of pyridine rings is 1. The molecule has 0 spiro atoms. The van der Waals surface area contributed by atoms with Gasteiger partial charge in [0.2, 0.25) is 5.91 Å². The molecule has 0 aliphatic carbocycles. The summed E-state index contributed by atoms with van der Waals surface area (Å²) >= 11 is 13.3. The van der Waals surface area contributed by atoms with E-state index in [2.05, 4.69) is 27.1 Å². The van der Waals surface area contributed by atoms with Gasteiger partial charge in [0.15, 0.2) is 11.0 Å².